The van der Waals surface area contributed by atoms with E-state index in [0.717, 1.165) is 53.4 Å². The molecule has 0 spiro atoms. The van der Waals surface area contributed by atoms with Crippen molar-refractivity contribution in [1.29, 1.82) is 0 Å². The van der Waals surface area contributed by atoms with Gasteiger partial charge in [0, 0.05) is 0 Å². The maximum atomic E-state index is 12.6. The predicted molar refractivity (Wildman–Crippen MR) is 115 cm³/mol. The Morgan fingerprint density at radius 3 is 2.89 bits per heavy atom. The van der Waals surface area contributed by atoms with Gasteiger partial charge in [0.05, 0.1) is 0 Å². The molecule has 4 heterocycles. The van der Waals surface area contributed by atoms with Crippen LogP contribution in [0.25, 0.3) is 32.2 Å². The first-order chi connectivity index (χ1) is 13.6. The Morgan fingerprint density at radius 2 is 2.00 bits per heavy atom. The third-order valence-corrected chi connectivity index (χ3v) is 7.43. The molecule has 1 aromatic carbocycles. The van der Waals surface area contributed by atoms with Gasteiger partial charge in [-0.25, -0.2) is 0 Å². The van der Waals surface area contributed by atoms with Crippen LogP contribution in [0.4, 0.5) is 11.4 Å². The number of hydrogen-bond donors (Lipinski definition) is 3. The molecule has 1 aliphatic rings. The Bertz CT molecular complexity index is 1220. The van der Waals surface area contributed by atoms with Crippen LogP contribution in [0.5, 0.6) is 0 Å². The summed E-state index contributed by atoms with van der Waals surface area (Å²) in [4.78, 5) is 30.4. The molecule has 144 valence electrons. The molecule has 0 amide bonds. The molecular formula is C20H22N6OSe. The zero-order chi connectivity index (χ0) is 19.3. The number of H-pyrrole nitrogens is 2. The Balaban J connectivity index is 1.57. The van der Waals surface area contributed by atoms with Crippen molar-refractivity contribution in [3.63, 3.8) is 0 Å². The van der Waals surface area contributed by atoms with Gasteiger partial charge in [0.25, 0.3) is 0 Å². The fourth-order valence-electron chi connectivity index (χ4n) is 3.89. The second-order valence-electron chi connectivity index (χ2n) is 7.34. The summed E-state index contributed by atoms with van der Waals surface area (Å²) in [6.45, 7) is 4.24. The van der Waals surface area contributed by atoms with Crippen molar-refractivity contribution >= 4 is 46.7 Å². The number of pyridine rings is 1. The zero-order valence-electron chi connectivity index (χ0n) is 15.7. The average molecular weight is 441 g/mol. The molecule has 0 unspecified atom stereocenters. The van der Waals surface area contributed by atoms with Crippen molar-refractivity contribution in [3.05, 3.63) is 39.6 Å². The predicted octanol–water partition coefficient (Wildman–Crippen LogP) is 1.85. The Labute approximate surface area is 167 Å². The van der Waals surface area contributed by atoms with Crippen LogP contribution >= 0.6 is 0 Å². The summed E-state index contributed by atoms with van der Waals surface area (Å²) < 4.78 is 1.02. The molecule has 7 nitrogen and oxygen atoms in total. The summed E-state index contributed by atoms with van der Waals surface area (Å²) in [7, 11) is 2.17. The monoisotopic (exact) mass is 442 g/mol. The minimum absolute atomic E-state index is 0.150. The van der Waals surface area contributed by atoms with E-state index in [1.165, 1.54) is 5.69 Å². The molecule has 28 heavy (non-hydrogen) atoms. The van der Waals surface area contributed by atoms with E-state index >= 15 is 0 Å². The van der Waals surface area contributed by atoms with Crippen LogP contribution < -0.4 is 16.2 Å². The van der Waals surface area contributed by atoms with Crippen molar-refractivity contribution in [2.75, 3.05) is 43.9 Å². The molecular weight excluding hydrogens is 419 g/mol. The third-order valence-electron chi connectivity index (χ3n) is 5.44. The van der Waals surface area contributed by atoms with Crippen LogP contribution in [0.2, 0.25) is 0 Å². The molecule has 0 bridgehead atoms. The molecule has 4 N–H and O–H groups in total. The third kappa shape index (κ3) is 2.94. The van der Waals surface area contributed by atoms with E-state index in [0.29, 0.717) is 17.1 Å². The number of nitrogens with two attached hydrogens (primary N) is 1. The van der Waals surface area contributed by atoms with Gasteiger partial charge in [-0.05, 0) is 7.05 Å². The molecule has 8 heteroatoms. The molecule has 0 aliphatic carbocycles. The Morgan fingerprint density at radius 1 is 1.11 bits per heavy atom. The minimum atomic E-state index is -0.201. The molecule has 3 aromatic heterocycles. The normalized spacial score (nSPS) is 16.1. The zero-order valence-corrected chi connectivity index (χ0v) is 17.4. The SMILES string of the molecule is CN1CCCN(c2ccc3nc(-c4c(N)c5[se]ccc5[nH]c4=O)[nH]c3c2)CC1. The average Bonchev–Trinajstić information content (AvgIpc) is 3.24. The van der Waals surface area contributed by atoms with Crippen molar-refractivity contribution in [2.45, 2.75) is 6.42 Å². The van der Waals surface area contributed by atoms with Crippen LogP contribution in [0.3, 0.4) is 0 Å². The van der Waals surface area contributed by atoms with Crippen LogP contribution in [0.1, 0.15) is 6.42 Å². The summed E-state index contributed by atoms with van der Waals surface area (Å²) in [6, 6.07) is 8.19. The van der Waals surface area contributed by atoms with E-state index in [2.05, 4.69) is 48.9 Å². The molecule has 1 aliphatic heterocycles. The first-order valence-electron chi connectivity index (χ1n) is 9.43. The summed E-state index contributed by atoms with van der Waals surface area (Å²) in [5, 5.41) is 0. The molecule has 1 fully saturated rings. The van der Waals surface area contributed by atoms with Crippen molar-refractivity contribution in [2.24, 2.45) is 0 Å². The summed E-state index contributed by atoms with van der Waals surface area (Å²) in [5.41, 5.74) is 10.9. The first kappa shape index (κ1) is 17.6. The molecule has 0 saturated carbocycles. The number of hydrogen-bond acceptors (Lipinski definition) is 5. The number of aromatic nitrogens is 3. The number of nitrogen functional groups attached to an aromatic ring is 1. The van der Waals surface area contributed by atoms with E-state index in [4.69, 9.17) is 5.73 Å². The van der Waals surface area contributed by atoms with Gasteiger partial charge < -0.3 is 0 Å². The van der Waals surface area contributed by atoms with Crippen LogP contribution in [-0.4, -0.2) is 67.6 Å². The molecule has 1 saturated heterocycles. The van der Waals surface area contributed by atoms with E-state index in [-0.39, 0.29) is 20.1 Å². The fraction of sp³-hybridized carbons (Fsp3) is 0.300. The van der Waals surface area contributed by atoms with Crippen molar-refractivity contribution in [3.8, 4) is 11.4 Å². The van der Waals surface area contributed by atoms with Crippen LogP contribution in [0, 0.1) is 0 Å². The summed E-state index contributed by atoms with van der Waals surface area (Å²) in [6.07, 6.45) is 1.15. The Hall–Kier alpha value is -2.54. The quantitative estimate of drug-likeness (QED) is 0.413. The van der Waals surface area contributed by atoms with Crippen LogP contribution in [-0.2, 0) is 0 Å². The topological polar surface area (TPSA) is 94.0 Å². The van der Waals surface area contributed by atoms with Crippen molar-refractivity contribution < 1.29 is 0 Å². The second kappa shape index (κ2) is 6.81. The number of fused-ring (bicyclic) bond motifs is 2. The fourth-order valence-corrected chi connectivity index (χ4v) is 5.60. The van der Waals surface area contributed by atoms with Gasteiger partial charge >= 0.3 is 161 Å². The number of aromatic amines is 2. The van der Waals surface area contributed by atoms with Gasteiger partial charge in [-0.1, -0.05) is 0 Å². The van der Waals surface area contributed by atoms with Crippen LogP contribution in [0.15, 0.2) is 34.0 Å². The van der Waals surface area contributed by atoms with E-state index in [1.807, 2.05) is 12.1 Å². The number of benzene rings is 1. The molecule has 0 atom stereocenters. The number of nitrogens with zero attached hydrogens (tertiary/aromatic N) is 3. The second-order valence-corrected chi connectivity index (χ2v) is 9.26. The number of anilines is 2. The van der Waals surface area contributed by atoms with E-state index in [1.54, 1.807) is 0 Å². The van der Waals surface area contributed by atoms with Gasteiger partial charge in [0.2, 0.25) is 0 Å². The number of rotatable bonds is 2. The number of imidazole rings is 1. The summed E-state index contributed by atoms with van der Waals surface area (Å²) >= 11 is 0.150. The maximum absolute atomic E-state index is 12.6. The number of likely N-dealkylation sites (N-methyl/N-ethyl adjacent to an activating group) is 1. The molecule has 0 radical (unpaired) electrons. The Kier molecular flexibility index (Phi) is 4.27. The summed E-state index contributed by atoms with van der Waals surface area (Å²) in [5.74, 6) is 0.534. The van der Waals surface area contributed by atoms with Gasteiger partial charge in [0.1, 0.15) is 0 Å². The van der Waals surface area contributed by atoms with Gasteiger partial charge in [-0.2, -0.15) is 0 Å². The van der Waals surface area contributed by atoms with E-state index < -0.39 is 0 Å². The first-order valence-corrected chi connectivity index (χ1v) is 11.3. The van der Waals surface area contributed by atoms with Crippen molar-refractivity contribution in [1.82, 2.24) is 19.9 Å². The van der Waals surface area contributed by atoms with Gasteiger partial charge in [0.15, 0.2) is 0 Å². The molecule has 4 aromatic rings. The van der Waals surface area contributed by atoms with Gasteiger partial charge in [-0.3, -0.25) is 0 Å². The van der Waals surface area contributed by atoms with E-state index in [9.17, 15) is 4.79 Å². The molecule has 5 rings (SSSR count). The standard InChI is InChI=1S/C20H22N6OSe/c1-25-6-2-7-26(9-8-25)12-3-4-13-15(11-12)23-19(22-13)16-17(21)18-14(5-10-28-18)24-20(16)27/h3-5,10-11H,2,6-9H2,1H3,(H,22,23)(H3,21,24,27). The van der Waals surface area contributed by atoms with Gasteiger partial charge in [-0.15, -0.1) is 0 Å². The number of nitrogens with one attached hydrogen (secondary N) is 2.